The summed E-state index contributed by atoms with van der Waals surface area (Å²) in [4.78, 5) is 13.1. The fourth-order valence-corrected chi connectivity index (χ4v) is 3.87. The van der Waals surface area contributed by atoms with E-state index in [1.165, 1.54) is 23.3 Å². The third-order valence-corrected chi connectivity index (χ3v) is 5.53. The van der Waals surface area contributed by atoms with Crippen molar-refractivity contribution in [3.8, 4) is 0 Å². The van der Waals surface area contributed by atoms with Gasteiger partial charge in [-0.1, -0.05) is 46.3 Å². The standard InChI is InChI=1S/C18H28OS/c1-7-8-9-14(4)12-18(6,13(2)3)17-16(15(5)19)10-11-20-17/h10-11,13H,4,7-9,12H2,1-3,5-6H3. The molecule has 20 heavy (non-hydrogen) atoms. The Labute approximate surface area is 128 Å². The van der Waals surface area contributed by atoms with E-state index in [4.69, 9.17) is 0 Å². The van der Waals surface area contributed by atoms with Gasteiger partial charge in [-0.3, -0.25) is 4.79 Å². The Kier molecular flexibility index (Phi) is 6.19. The van der Waals surface area contributed by atoms with Crippen LogP contribution in [0.5, 0.6) is 0 Å². The van der Waals surface area contributed by atoms with Gasteiger partial charge in [0.25, 0.3) is 0 Å². The van der Waals surface area contributed by atoms with Gasteiger partial charge in [0.1, 0.15) is 0 Å². The van der Waals surface area contributed by atoms with Crippen LogP contribution in [0.25, 0.3) is 0 Å². The van der Waals surface area contributed by atoms with Crippen LogP contribution >= 0.6 is 11.3 Å². The van der Waals surface area contributed by atoms with Gasteiger partial charge in [0, 0.05) is 15.9 Å². The van der Waals surface area contributed by atoms with Gasteiger partial charge in [-0.05, 0) is 43.6 Å². The predicted octanol–water partition coefficient (Wildman–Crippen LogP) is 6.00. The van der Waals surface area contributed by atoms with Gasteiger partial charge in [0.05, 0.1) is 0 Å². The van der Waals surface area contributed by atoms with Gasteiger partial charge >= 0.3 is 0 Å². The van der Waals surface area contributed by atoms with Crippen LogP contribution in [0.1, 0.15) is 75.5 Å². The molecule has 1 unspecified atom stereocenters. The molecule has 0 aliphatic carbocycles. The summed E-state index contributed by atoms with van der Waals surface area (Å²) in [6, 6.07) is 1.97. The van der Waals surface area contributed by atoms with Crippen LogP contribution in [0.3, 0.4) is 0 Å². The molecule has 0 aromatic carbocycles. The van der Waals surface area contributed by atoms with Crippen molar-refractivity contribution in [2.45, 2.75) is 65.7 Å². The van der Waals surface area contributed by atoms with E-state index in [2.05, 4.69) is 34.3 Å². The lowest BCUT2D eigenvalue weighted by Gasteiger charge is -2.35. The zero-order valence-electron chi connectivity index (χ0n) is 13.6. The van der Waals surface area contributed by atoms with E-state index in [9.17, 15) is 4.79 Å². The summed E-state index contributed by atoms with van der Waals surface area (Å²) in [5, 5.41) is 2.04. The highest BCUT2D eigenvalue weighted by molar-refractivity contribution is 7.10. The third-order valence-electron chi connectivity index (χ3n) is 4.34. The molecule has 1 aromatic rings. The Morgan fingerprint density at radius 2 is 2.10 bits per heavy atom. The molecule has 0 bridgehead atoms. The Morgan fingerprint density at radius 1 is 1.45 bits per heavy atom. The average Bonchev–Trinajstić information content (AvgIpc) is 2.85. The molecule has 0 aliphatic rings. The molecule has 0 aliphatic heterocycles. The summed E-state index contributed by atoms with van der Waals surface area (Å²) in [7, 11) is 0. The topological polar surface area (TPSA) is 17.1 Å². The van der Waals surface area contributed by atoms with Crippen molar-refractivity contribution in [2.75, 3.05) is 0 Å². The number of unbranched alkanes of at least 4 members (excludes halogenated alkanes) is 1. The molecular formula is C18H28OS. The quantitative estimate of drug-likeness (QED) is 0.424. The third kappa shape index (κ3) is 3.82. The lowest BCUT2D eigenvalue weighted by atomic mass is 9.71. The molecular weight excluding hydrogens is 264 g/mol. The van der Waals surface area contributed by atoms with Crippen LogP contribution in [0.15, 0.2) is 23.6 Å². The van der Waals surface area contributed by atoms with Crippen LogP contribution in [0, 0.1) is 5.92 Å². The van der Waals surface area contributed by atoms with Gasteiger partial charge in [-0.2, -0.15) is 0 Å². The minimum atomic E-state index is 0.0139. The van der Waals surface area contributed by atoms with Gasteiger partial charge in [0.15, 0.2) is 5.78 Å². The van der Waals surface area contributed by atoms with Crippen molar-refractivity contribution in [2.24, 2.45) is 5.92 Å². The van der Waals surface area contributed by atoms with E-state index in [-0.39, 0.29) is 11.2 Å². The summed E-state index contributed by atoms with van der Waals surface area (Å²) >= 11 is 1.72. The second kappa shape index (κ2) is 7.21. The van der Waals surface area contributed by atoms with E-state index in [1.54, 1.807) is 18.3 Å². The highest BCUT2D eigenvalue weighted by Crippen LogP contribution is 2.42. The van der Waals surface area contributed by atoms with Gasteiger partial charge in [0.2, 0.25) is 0 Å². The van der Waals surface area contributed by atoms with Crippen LogP contribution in [0.2, 0.25) is 0 Å². The fourth-order valence-electron chi connectivity index (χ4n) is 2.61. The average molecular weight is 292 g/mol. The first-order chi connectivity index (χ1) is 9.32. The molecule has 0 N–H and O–H groups in total. The molecule has 0 spiro atoms. The first-order valence-corrected chi connectivity index (χ1v) is 8.46. The molecule has 112 valence electrons. The number of hydrogen-bond acceptors (Lipinski definition) is 2. The van der Waals surface area contributed by atoms with Crippen molar-refractivity contribution in [1.29, 1.82) is 0 Å². The Balaban J connectivity index is 3.05. The monoisotopic (exact) mass is 292 g/mol. The maximum Gasteiger partial charge on any atom is 0.160 e. The second-order valence-corrected chi connectivity index (χ2v) is 7.24. The van der Waals surface area contributed by atoms with E-state index >= 15 is 0 Å². The number of carbonyl (C=O) groups is 1. The molecule has 1 aromatic heterocycles. The minimum absolute atomic E-state index is 0.0139. The van der Waals surface area contributed by atoms with Crippen molar-refractivity contribution < 1.29 is 4.79 Å². The van der Waals surface area contributed by atoms with Crippen LogP contribution in [-0.4, -0.2) is 5.78 Å². The smallest absolute Gasteiger partial charge is 0.160 e. The van der Waals surface area contributed by atoms with Crippen LogP contribution < -0.4 is 0 Å². The van der Waals surface area contributed by atoms with E-state index in [0.29, 0.717) is 5.92 Å². The maximum absolute atomic E-state index is 11.8. The molecule has 2 heteroatoms. The minimum Gasteiger partial charge on any atom is -0.294 e. The molecule has 0 fully saturated rings. The van der Waals surface area contributed by atoms with Crippen LogP contribution in [0.4, 0.5) is 0 Å². The highest BCUT2D eigenvalue weighted by Gasteiger charge is 2.34. The Hall–Kier alpha value is -0.890. The Bertz CT molecular complexity index is 470. The molecule has 0 radical (unpaired) electrons. The van der Waals surface area contributed by atoms with Crippen molar-refractivity contribution in [1.82, 2.24) is 0 Å². The van der Waals surface area contributed by atoms with Gasteiger partial charge in [-0.15, -0.1) is 11.3 Å². The fraction of sp³-hybridized carbons (Fsp3) is 0.611. The summed E-state index contributed by atoms with van der Waals surface area (Å²) in [5.41, 5.74) is 2.22. The van der Waals surface area contributed by atoms with E-state index in [1.807, 2.05) is 11.4 Å². The first kappa shape index (κ1) is 17.2. The Morgan fingerprint density at radius 3 is 2.60 bits per heavy atom. The molecule has 1 nitrogen and oxygen atoms in total. The lowest BCUT2D eigenvalue weighted by molar-refractivity contribution is 0.101. The normalized spacial score (nSPS) is 14.3. The van der Waals surface area contributed by atoms with Crippen molar-refractivity contribution in [3.63, 3.8) is 0 Å². The van der Waals surface area contributed by atoms with E-state index < -0.39 is 0 Å². The number of rotatable bonds is 8. The summed E-state index contributed by atoms with van der Waals surface area (Å²) in [6.07, 6.45) is 4.48. The number of ketones is 1. The molecule has 1 heterocycles. The number of carbonyl (C=O) groups excluding carboxylic acids is 1. The van der Waals surface area contributed by atoms with Gasteiger partial charge in [-0.25, -0.2) is 0 Å². The predicted molar refractivity (Wildman–Crippen MR) is 89.8 cm³/mol. The first-order valence-electron chi connectivity index (χ1n) is 7.58. The number of thiophene rings is 1. The van der Waals surface area contributed by atoms with Gasteiger partial charge < -0.3 is 0 Å². The lowest BCUT2D eigenvalue weighted by Crippen LogP contribution is -2.29. The van der Waals surface area contributed by atoms with Crippen molar-refractivity contribution >= 4 is 17.1 Å². The summed E-state index contributed by atoms with van der Waals surface area (Å²) in [6.45, 7) is 14.9. The number of Topliss-reactive ketones (excluding diaryl/α,β-unsaturated/α-hetero) is 1. The van der Waals surface area contributed by atoms with Crippen molar-refractivity contribution in [3.05, 3.63) is 34.0 Å². The molecule has 0 saturated carbocycles. The SMILES string of the molecule is C=C(CCCC)CC(C)(c1sccc1C(C)=O)C(C)C. The highest BCUT2D eigenvalue weighted by atomic mass is 32.1. The molecule has 1 atom stereocenters. The van der Waals surface area contributed by atoms with E-state index in [0.717, 1.165) is 18.4 Å². The zero-order chi connectivity index (χ0) is 15.3. The molecule has 1 rings (SSSR count). The molecule has 0 saturated heterocycles. The maximum atomic E-state index is 11.8. The zero-order valence-corrected chi connectivity index (χ0v) is 14.4. The molecule has 0 amide bonds. The summed E-state index contributed by atoms with van der Waals surface area (Å²) < 4.78 is 0. The largest absolute Gasteiger partial charge is 0.294 e. The van der Waals surface area contributed by atoms with Crippen LogP contribution in [-0.2, 0) is 5.41 Å². The number of hydrogen-bond donors (Lipinski definition) is 0. The second-order valence-electron chi connectivity index (χ2n) is 6.32. The number of allylic oxidation sites excluding steroid dienone is 1. The summed E-state index contributed by atoms with van der Waals surface area (Å²) in [5.74, 6) is 0.657.